The van der Waals surface area contributed by atoms with Gasteiger partial charge in [-0.3, -0.25) is 9.35 Å². The lowest BCUT2D eigenvalue weighted by molar-refractivity contribution is 0.0372. The lowest BCUT2D eigenvalue weighted by Gasteiger charge is -2.14. The van der Waals surface area contributed by atoms with Gasteiger partial charge in [0, 0.05) is 5.56 Å². The van der Waals surface area contributed by atoms with E-state index in [1.807, 2.05) is 0 Å². The van der Waals surface area contributed by atoms with Crippen LogP contribution >= 0.6 is 0 Å². The van der Waals surface area contributed by atoms with Gasteiger partial charge in [0.15, 0.2) is 0 Å². The average Bonchev–Trinajstić information content (AvgIpc) is 2.25. The first-order valence-electron chi connectivity index (χ1n) is 5.67. The zero-order valence-electron chi connectivity index (χ0n) is 11.2. The van der Waals surface area contributed by atoms with Crippen molar-refractivity contribution < 1.29 is 27.3 Å². The fourth-order valence-corrected chi connectivity index (χ4v) is 2.43. The molecule has 20 heavy (non-hydrogen) atoms. The molecule has 1 amide bonds. The van der Waals surface area contributed by atoms with Crippen LogP contribution < -0.4 is 5.73 Å². The quantitative estimate of drug-likeness (QED) is 0.629. The van der Waals surface area contributed by atoms with Crippen molar-refractivity contribution >= 4 is 22.0 Å². The highest BCUT2D eigenvalue weighted by Crippen LogP contribution is 2.24. The van der Waals surface area contributed by atoms with E-state index >= 15 is 0 Å². The molecule has 0 bridgehead atoms. The summed E-state index contributed by atoms with van der Waals surface area (Å²) in [5.41, 5.74) is 4.77. The molecule has 0 aromatic heterocycles. The van der Waals surface area contributed by atoms with Gasteiger partial charge in [-0.15, -0.1) is 0 Å². The summed E-state index contributed by atoms with van der Waals surface area (Å²) in [5, 5.41) is 0. The van der Waals surface area contributed by atoms with Gasteiger partial charge >= 0.3 is 5.97 Å². The summed E-state index contributed by atoms with van der Waals surface area (Å²) >= 11 is 0. The van der Waals surface area contributed by atoms with Crippen LogP contribution in [0.2, 0.25) is 0 Å². The summed E-state index contributed by atoms with van der Waals surface area (Å²) in [6.07, 6.45) is -0.492. The molecule has 0 saturated carbocycles. The van der Waals surface area contributed by atoms with Crippen molar-refractivity contribution in [1.82, 2.24) is 0 Å². The van der Waals surface area contributed by atoms with Crippen LogP contribution in [0.25, 0.3) is 0 Å². The number of nitrogens with two attached hydrogens (primary N) is 1. The van der Waals surface area contributed by atoms with Crippen LogP contribution in [0.5, 0.6) is 0 Å². The molecule has 3 N–H and O–H groups in total. The molecule has 0 aliphatic carbocycles. The largest absolute Gasteiger partial charge is 0.459 e. The van der Waals surface area contributed by atoms with Gasteiger partial charge < -0.3 is 10.5 Å². The van der Waals surface area contributed by atoms with Crippen molar-refractivity contribution in [3.63, 3.8) is 0 Å². The first-order chi connectivity index (χ1) is 9.05. The van der Waals surface area contributed by atoms with Crippen LogP contribution in [0.4, 0.5) is 0 Å². The molecule has 0 saturated heterocycles. The molecule has 7 nitrogen and oxygen atoms in total. The van der Waals surface area contributed by atoms with Crippen LogP contribution in [-0.2, 0) is 14.9 Å². The summed E-state index contributed by atoms with van der Waals surface area (Å²) in [4.78, 5) is 22.6. The van der Waals surface area contributed by atoms with E-state index in [2.05, 4.69) is 0 Å². The van der Waals surface area contributed by atoms with Gasteiger partial charge in [-0.2, -0.15) is 8.42 Å². The smallest absolute Gasteiger partial charge is 0.340 e. The summed E-state index contributed by atoms with van der Waals surface area (Å²) in [7, 11) is -4.63. The molecule has 1 rings (SSSR count). The lowest BCUT2D eigenvalue weighted by Crippen LogP contribution is -2.20. The molecule has 0 fully saturated rings. The van der Waals surface area contributed by atoms with Gasteiger partial charge in [-0.05, 0) is 38.5 Å². The Morgan fingerprint density at radius 1 is 1.30 bits per heavy atom. The van der Waals surface area contributed by atoms with Crippen molar-refractivity contribution in [3.8, 4) is 0 Å². The van der Waals surface area contributed by atoms with E-state index in [0.717, 1.165) is 12.1 Å². The highest BCUT2D eigenvalue weighted by molar-refractivity contribution is 7.86. The van der Waals surface area contributed by atoms with Gasteiger partial charge in [0.2, 0.25) is 5.91 Å². The number of ether oxygens (including phenoxy) is 1. The number of hydrogen-bond donors (Lipinski definition) is 2. The zero-order valence-corrected chi connectivity index (χ0v) is 12.0. The van der Waals surface area contributed by atoms with Crippen LogP contribution in [0.3, 0.4) is 0 Å². The van der Waals surface area contributed by atoms with E-state index < -0.39 is 38.6 Å². The number of primary amides is 1. The number of carbonyl (C=O) groups excluding carboxylic acids is 2. The summed E-state index contributed by atoms with van der Waals surface area (Å²) < 4.78 is 36.7. The Morgan fingerprint density at radius 2 is 1.85 bits per heavy atom. The van der Waals surface area contributed by atoms with Crippen molar-refractivity contribution in [2.75, 3.05) is 0 Å². The molecular formula is C12H15NO6S. The van der Waals surface area contributed by atoms with Crippen molar-refractivity contribution in [2.24, 2.45) is 5.73 Å². The second-order valence-electron chi connectivity index (χ2n) is 4.40. The molecule has 0 heterocycles. The van der Waals surface area contributed by atoms with Gasteiger partial charge in [0.1, 0.15) is 4.90 Å². The molecular weight excluding hydrogens is 286 g/mol. The molecule has 0 atom stereocenters. The average molecular weight is 301 g/mol. The standard InChI is InChI=1S/C12H15NO6S/c1-6(2)19-12(15)10-7(3)8(11(13)14)4-5-9(10)20(16,17)18/h4-6H,1-3H3,(H2,13,14)(H,16,17,18). The lowest BCUT2D eigenvalue weighted by atomic mass is 10.0. The third-order valence-electron chi connectivity index (χ3n) is 2.52. The van der Waals surface area contributed by atoms with E-state index in [1.165, 1.54) is 6.92 Å². The maximum absolute atomic E-state index is 12.0. The molecule has 0 unspecified atom stereocenters. The van der Waals surface area contributed by atoms with E-state index in [4.69, 9.17) is 15.0 Å². The normalized spacial score (nSPS) is 11.4. The zero-order chi connectivity index (χ0) is 15.7. The summed E-state index contributed by atoms with van der Waals surface area (Å²) in [6, 6.07) is 2.08. The minimum atomic E-state index is -4.63. The molecule has 110 valence electrons. The Morgan fingerprint density at radius 3 is 2.25 bits per heavy atom. The SMILES string of the molecule is Cc1c(C(N)=O)ccc(S(=O)(=O)O)c1C(=O)OC(C)C. The Labute approximate surface area is 116 Å². The van der Waals surface area contributed by atoms with E-state index in [0.29, 0.717) is 0 Å². The first-order valence-corrected chi connectivity index (χ1v) is 7.11. The fraction of sp³-hybridized carbons (Fsp3) is 0.333. The van der Waals surface area contributed by atoms with Gasteiger partial charge in [0.05, 0.1) is 11.7 Å². The third-order valence-corrected chi connectivity index (χ3v) is 3.41. The number of hydrogen-bond acceptors (Lipinski definition) is 5. The van der Waals surface area contributed by atoms with E-state index in [-0.39, 0.29) is 11.1 Å². The summed E-state index contributed by atoms with van der Waals surface area (Å²) in [6.45, 7) is 4.52. The number of carbonyl (C=O) groups is 2. The monoisotopic (exact) mass is 301 g/mol. The third kappa shape index (κ3) is 3.34. The number of benzene rings is 1. The Kier molecular flexibility index (Phi) is 4.51. The second-order valence-corrected chi connectivity index (χ2v) is 5.79. The van der Waals surface area contributed by atoms with Crippen LogP contribution in [0, 0.1) is 6.92 Å². The Bertz CT molecular complexity index is 663. The minimum Gasteiger partial charge on any atom is -0.459 e. The molecule has 1 aromatic carbocycles. The highest BCUT2D eigenvalue weighted by atomic mass is 32.2. The predicted octanol–water partition coefficient (Wildman–Crippen LogP) is 0.906. The number of esters is 1. The molecule has 8 heteroatoms. The van der Waals surface area contributed by atoms with Gasteiger partial charge in [-0.1, -0.05) is 0 Å². The number of rotatable bonds is 4. The maximum Gasteiger partial charge on any atom is 0.340 e. The minimum absolute atomic E-state index is 0.0203. The topological polar surface area (TPSA) is 124 Å². The molecule has 0 radical (unpaired) electrons. The Balaban J connectivity index is 3.62. The van der Waals surface area contributed by atoms with Gasteiger partial charge in [0.25, 0.3) is 10.1 Å². The van der Waals surface area contributed by atoms with E-state index in [9.17, 15) is 18.0 Å². The number of amides is 1. The van der Waals surface area contributed by atoms with Crippen molar-refractivity contribution in [1.29, 1.82) is 0 Å². The summed E-state index contributed by atoms with van der Waals surface area (Å²) in [5.74, 6) is -1.77. The van der Waals surface area contributed by atoms with Crippen molar-refractivity contribution in [3.05, 3.63) is 28.8 Å². The fourth-order valence-electron chi connectivity index (χ4n) is 1.70. The highest BCUT2D eigenvalue weighted by Gasteiger charge is 2.27. The molecule has 0 spiro atoms. The molecule has 0 aliphatic rings. The first kappa shape index (κ1) is 16.1. The van der Waals surface area contributed by atoms with Crippen molar-refractivity contribution in [2.45, 2.75) is 31.8 Å². The Hall–Kier alpha value is -1.93. The molecule has 1 aromatic rings. The molecule has 0 aliphatic heterocycles. The predicted molar refractivity (Wildman–Crippen MR) is 70.1 cm³/mol. The van der Waals surface area contributed by atoms with Crippen LogP contribution in [-0.4, -0.2) is 31.0 Å². The van der Waals surface area contributed by atoms with Crippen LogP contribution in [0.15, 0.2) is 17.0 Å². The maximum atomic E-state index is 12.0. The van der Waals surface area contributed by atoms with E-state index in [1.54, 1.807) is 13.8 Å². The van der Waals surface area contributed by atoms with Crippen LogP contribution in [0.1, 0.15) is 40.1 Å². The second kappa shape index (κ2) is 5.59. The van der Waals surface area contributed by atoms with Gasteiger partial charge in [-0.25, -0.2) is 4.79 Å².